The number of pyridine rings is 1. The van der Waals surface area contributed by atoms with Crippen LogP contribution in [0.15, 0.2) is 30.3 Å². The molecule has 0 spiro atoms. The maximum absolute atomic E-state index is 12.0. The van der Waals surface area contributed by atoms with Gasteiger partial charge in [0.2, 0.25) is 0 Å². The minimum atomic E-state index is -0.433. The van der Waals surface area contributed by atoms with Crippen LogP contribution in [0.4, 0.5) is 10.6 Å². The summed E-state index contributed by atoms with van der Waals surface area (Å²) in [6, 6.07) is 9.63. The fourth-order valence-electron chi connectivity index (χ4n) is 2.69. The lowest BCUT2D eigenvalue weighted by molar-refractivity contribution is 0.149. The average molecular weight is 328 g/mol. The van der Waals surface area contributed by atoms with Gasteiger partial charge in [-0.25, -0.2) is 9.78 Å². The summed E-state index contributed by atoms with van der Waals surface area (Å²) >= 11 is 0. The Labute approximate surface area is 141 Å². The van der Waals surface area contributed by atoms with Gasteiger partial charge in [0.05, 0.1) is 11.6 Å². The minimum Gasteiger partial charge on any atom is -0.391 e. The van der Waals surface area contributed by atoms with Crippen LogP contribution in [0, 0.1) is 5.92 Å². The Morgan fingerprint density at radius 1 is 1.33 bits per heavy atom. The monoisotopic (exact) mass is 328 g/mol. The highest BCUT2D eigenvalue weighted by molar-refractivity contribution is 5.84. The molecule has 3 rings (SSSR count). The van der Waals surface area contributed by atoms with Crippen LogP contribution >= 0.6 is 0 Å². The van der Waals surface area contributed by atoms with E-state index in [9.17, 15) is 9.90 Å². The van der Waals surface area contributed by atoms with E-state index in [1.807, 2.05) is 49.3 Å². The predicted octanol–water partition coefficient (Wildman–Crippen LogP) is 1.87. The first-order valence-corrected chi connectivity index (χ1v) is 8.30. The average Bonchev–Trinajstić information content (AvgIpc) is 3.42. The number of fused-ring (bicyclic) bond motifs is 1. The molecule has 1 aromatic heterocycles. The van der Waals surface area contributed by atoms with Gasteiger partial charge in [0.15, 0.2) is 0 Å². The summed E-state index contributed by atoms with van der Waals surface area (Å²) < 4.78 is 0. The molecule has 1 aliphatic rings. The van der Waals surface area contributed by atoms with Crippen LogP contribution in [0.1, 0.15) is 18.4 Å². The van der Waals surface area contributed by atoms with Crippen LogP contribution < -0.4 is 15.5 Å². The molecule has 3 N–H and O–H groups in total. The van der Waals surface area contributed by atoms with E-state index in [-0.39, 0.29) is 6.03 Å². The van der Waals surface area contributed by atoms with Crippen molar-refractivity contribution in [3.63, 3.8) is 0 Å². The van der Waals surface area contributed by atoms with E-state index < -0.39 is 6.10 Å². The third-order valence-corrected chi connectivity index (χ3v) is 4.32. The number of carbonyl (C=O) groups is 1. The van der Waals surface area contributed by atoms with Gasteiger partial charge < -0.3 is 20.6 Å². The fraction of sp³-hybridized carbons (Fsp3) is 0.444. The number of aromatic nitrogens is 1. The van der Waals surface area contributed by atoms with Gasteiger partial charge in [-0.3, -0.25) is 0 Å². The van der Waals surface area contributed by atoms with Crippen molar-refractivity contribution in [1.29, 1.82) is 0 Å². The fourth-order valence-corrected chi connectivity index (χ4v) is 2.69. The molecule has 1 heterocycles. The molecule has 0 bridgehead atoms. The molecular weight excluding hydrogens is 304 g/mol. The van der Waals surface area contributed by atoms with Gasteiger partial charge >= 0.3 is 6.03 Å². The number of para-hydroxylation sites is 1. The molecule has 0 radical (unpaired) electrons. The highest BCUT2D eigenvalue weighted by atomic mass is 16.3. The molecule has 2 amide bonds. The second-order valence-corrected chi connectivity index (χ2v) is 6.52. The first kappa shape index (κ1) is 16.5. The van der Waals surface area contributed by atoms with E-state index in [0.717, 1.165) is 35.1 Å². The first-order valence-electron chi connectivity index (χ1n) is 8.30. The number of nitrogens with zero attached hydrogens (tertiary/aromatic N) is 2. The topological polar surface area (TPSA) is 77.5 Å². The van der Waals surface area contributed by atoms with Gasteiger partial charge in [0, 0.05) is 32.6 Å². The van der Waals surface area contributed by atoms with Crippen LogP contribution in [0.25, 0.3) is 10.9 Å². The maximum atomic E-state index is 12.0. The number of aliphatic hydroxyl groups is 1. The zero-order chi connectivity index (χ0) is 17.1. The normalized spacial score (nSPS) is 15.1. The van der Waals surface area contributed by atoms with Crippen molar-refractivity contribution in [2.75, 3.05) is 25.5 Å². The van der Waals surface area contributed by atoms with Crippen molar-refractivity contribution < 1.29 is 9.90 Å². The van der Waals surface area contributed by atoms with E-state index in [4.69, 9.17) is 0 Å². The van der Waals surface area contributed by atoms with Crippen molar-refractivity contribution in [2.24, 2.45) is 5.92 Å². The van der Waals surface area contributed by atoms with Gasteiger partial charge in [-0.05, 0) is 36.5 Å². The molecule has 6 heteroatoms. The Morgan fingerprint density at radius 3 is 2.79 bits per heavy atom. The maximum Gasteiger partial charge on any atom is 0.315 e. The Balaban J connectivity index is 1.66. The lowest BCUT2D eigenvalue weighted by atomic mass is 10.1. The Bertz CT molecular complexity index is 728. The smallest absolute Gasteiger partial charge is 0.315 e. The van der Waals surface area contributed by atoms with Crippen molar-refractivity contribution in [3.05, 3.63) is 35.9 Å². The highest BCUT2D eigenvalue weighted by Gasteiger charge is 2.29. The molecule has 0 aliphatic heterocycles. The largest absolute Gasteiger partial charge is 0.391 e. The molecular formula is C18H24N4O2. The van der Waals surface area contributed by atoms with Crippen molar-refractivity contribution in [1.82, 2.24) is 15.6 Å². The summed E-state index contributed by atoms with van der Waals surface area (Å²) in [6.07, 6.45) is 1.68. The molecule has 24 heavy (non-hydrogen) atoms. The molecule has 1 saturated carbocycles. The van der Waals surface area contributed by atoms with E-state index in [1.165, 1.54) is 0 Å². The summed E-state index contributed by atoms with van der Waals surface area (Å²) in [5.41, 5.74) is 1.92. The number of aliphatic hydroxyl groups excluding tert-OH is 1. The SMILES string of the molecule is CN(C)c1cc(CNC(=O)NC[C@@H](O)C2CC2)c2ccccc2n1. The second kappa shape index (κ2) is 7.05. The van der Waals surface area contributed by atoms with Crippen LogP contribution in [-0.4, -0.2) is 42.9 Å². The Morgan fingerprint density at radius 2 is 2.08 bits per heavy atom. The number of carbonyl (C=O) groups excluding carboxylic acids is 1. The minimum absolute atomic E-state index is 0.262. The summed E-state index contributed by atoms with van der Waals surface area (Å²) in [4.78, 5) is 18.5. The van der Waals surface area contributed by atoms with E-state index >= 15 is 0 Å². The van der Waals surface area contributed by atoms with E-state index in [1.54, 1.807) is 0 Å². The number of hydrogen-bond donors (Lipinski definition) is 3. The number of nitrogens with one attached hydrogen (secondary N) is 2. The van der Waals surface area contributed by atoms with Gasteiger partial charge in [-0.15, -0.1) is 0 Å². The molecule has 1 aliphatic carbocycles. The first-order chi connectivity index (χ1) is 11.5. The number of benzene rings is 1. The molecule has 128 valence electrons. The zero-order valence-electron chi connectivity index (χ0n) is 14.1. The van der Waals surface area contributed by atoms with Crippen molar-refractivity contribution >= 4 is 22.8 Å². The van der Waals surface area contributed by atoms with Crippen LogP contribution in [0.5, 0.6) is 0 Å². The molecule has 1 aromatic carbocycles. The number of urea groups is 1. The van der Waals surface area contributed by atoms with E-state index in [0.29, 0.717) is 19.0 Å². The zero-order valence-corrected chi connectivity index (χ0v) is 14.1. The van der Waals surface area contributed by atoms with Gasteiger partial charge in [0.1, 0.15) is 5.82 Å². The predicted molar refractivity (Wildman–Crippen MR) is 95.0 cm³/mol. The lowest BCUT2D eigenvalue weighted by Crippen LogP contribution is -2.40. The molecule has 2 aromatic rings. The van der Waals surface area contributed by atoms with E-state index in [2.05, 4.69) is 15.6 Å². The molecule has 6 nitrogen and oxygen atoms in total. The third-order valence-electron chi connectivity index (χ3n) is 4.32. The van der Waals surface area contributed by atoms with Gasteiger partial charge in [-0.1, -0.05) is 18.2 Å². The quantitative estimate of drug-likeness (QED) is 0.756. The number of amides is 2. The Kier molecular flexibility index (Phi) is 4.85. The molecule has 1 atom stereocenters. The van der Waals surface area contributed by atoms with Crippen LogP contribution in [-0.2, 0) is 6.54 Å². The number of anilines is 1. The summed E-state index contributed by atoms with van der Waals surface area (Å²) in [5.74, 6) is 1.21. The van der Waals surface area contributed by atoms with Crippen molar-refractivity contribution in [3.8, 4) is 0 Å². The summed E-state index contributed by atoms with van der Waals surface area (Å²) in [6.45, 7) is 0.714. The van der Waals surface area contributed by atoms with Gasteiger partial charge in [0.25, 0.3) is 0 Å². The lowest BCUT2D eigenvalue weighted by Gasteiger charge is -2.16. The molecule has 1 fully saturated rings. The number of rotatable bonds is 6. The van der Waals surface area contributed by atoms with Gasteiger partial charge in [-0.2, -0.15) is 0 Å². The van der Waals surface area contributed by atoms with Crippen LogP contribution in [0.3, 0.4) is 0 Å². The third kappa shape index (κ3) is 3.94. The summed E-state index contributed by atoms with van der Waals surface area (Å²) in [7, 11) is 3.89. The molecule has 0 saturated heterocycles. The van der Waals surface area contributed by atoms with Crippen molar-refractivity contribution in [2.45, 2.75) is 25.5 Å². The number of hydrogen-bond acceptors (Lipinski definition) is 4. The summed E-state index contributed by atoms with van der Waals surface area (Å²) in [5, 5.41) is 16.4. The standard InChI is InChI=1S/C18H24N4O2/c1-22(2)17-9-13(14-5-3-4-6-15(14)21-17)10-19-18(24)20-11-16(23)12-7-8-12/h3-6,9,12,16,23H,7-8,10-11H2,1-2H3,(H2,19,20,24)/t16-/m1/s1. The Hall–Kier alpha value is -2.34. The highest BCUT2D eigenvalue weighted by Crippen LogP contribution is 2.32. The van der Waals surface area contributed by atoms with Crippen LogP contribution in [0.2, 0.25) is 0 Å². The molecule has 0 unspecified atom stereocenters. The second-order valence-electron chi connectivity index (χ2n) is 6.52.